The molecule has 1 heterocycles. The second-order valence-corrected chi connectivity index (χ2v) is 15.2. The lowest BCUT2D eigenvalue weighted by atomic mass is 9.96. The molecular formula is C30H44O7Si. The fourth-order valence-corrected chi connectivity index (χ4v) is 10.1. The molecule has 2 aromatic carbocycles. The molecule has 0 aliphatic carbocycles. The minimum absolute atomic E-state index is 0.00568. The Balaban J connectivity index is 1.77. The minimum Gasteiger partial charge on any atom is -0.407 e. The number of aldehydes is 1. The molecule has 1 fully saturated rings. The van der Waals surface area contributed by atoms with Crippen LogP contribution in [0.3, 0.4) is 0 Å². The van der Waals surface area contributed by atoms with Crippen molar-refractivity contribution in [3.63, 3.8) is 0 Å². The molecule has 0 amide bonds. The number of ether oxygens (including phenoxy) is 5. The Morgan fingerprint density at radius 1 is 0.947 bits per heavy atom. The van der Waals surface area contributed by atoms with Crippen molar-refractivity contribution < 1.29 is 32.9 Å². The predicted molar refractivity (Wildman–Crippen MR) is 150 cm³/mol. The van der Waals surface area contributed by atoms with E-state index in [1.807, 2.05) is 0 Å². The van der Waals surface area contributed by atoms with E-state index in [0.29, 0.717) is 6.61 Å². The van der Waals surface area contributed by atoms with E-state index in [-0.39, 0.29) is 36.7 Å². The maximum Gasteiger partial charge on any atom is 0.261 e. The number of benzene rings is 2. The van der Waals surface area contributed by atoms with Gasteiger partial charge in [0.2, 0.25) is 0 Å². The first kappa shape index (κ1) is 30.6. The summed E-state index contributed by atoms with van der Waals surface area (Å²) in [6.45, 7) is 9.61. The van der Waals surface area contributed by atoms with Gasteiger partial charge in [-0.15, -0.1) is 0 Å². The van der Waals surface area contributed by atoms with Crippen LogP contribution in [0.2, 0.25) is 5.04 Å². The molecule has 0 unspecified atom stereocenters. The Morgan fingerprint density at radius 2 is 1.50 bits per heavy atom. The van der Waals surface area contributed by atoms with Crippen LogP contribution in [0.15, 0.2) is 60.7 Å². The van der Waals surface area contributed by atoms with E-state index in [1.54, 1.807) is 7.11 Å². The first-order valence-corrected chi connectivity index (χ1v) is 15.3. The summed E-state index contributed by atoms with van der Waals surface area (Å²) in [4.78, 5) is 11.8. The van der Waals surface area contributed by atoms with E-state index in [1.165, 1.54) is 17.5 Å². The van der Waals surface area contributed by atoms with Gasteiger partial charge in [0.1, 0.15) is 25.8 Å². The SMILES string of the molecule is COCO[C@H]([C@@H](C=O)OCOC)[C@H]1C[C@@H](C)[C@H](CCO[Si](c2ccccc2)(c2ccccc2)C(C)(C)C)O1. The number of carbonyl (C=O) groups is 1. The van der Waals surface area contributed by atoms with E-state index in [2.05, 4.69) is 88.4 Å². The molecule has 7 nitrogen and oxygen atoms in total. The normalized spacial score (nSPS) is 21.8. The Hall–Kier alpha value is -1.91. The molecule has 0 bridgehead atoms. The fraction of sp³-hybridized carbons (Fsp3) is 0.567. The van der Waals surface area contributed by atoms with Gasteiger partial charge in [0.25, 0.3) is 8.32 Å². The van der Waals surface area contributed by atoms with E-state index in [9.17, 15) is 4.79 Å². The average molecular weight is 545 g/mol. The number of rotatable bonds is 15. The molecule has 5 atom stereocenters. The van der Waals surface area contributed by atoms with Gasteiger partial charge in [0.15, 0.2) is 6.29 Å². The summed E-state index contributed by atoms with van der Waals surface area (Å²) in [7, 11) is 0.449. The van der Waals surface area contributed by atoms with Crippen molar-refractivity contribution >= 4 is 25.0 Å². The highest BCUT2D eigenvalue weighted by Gasteiger charge is 2.50. The molecule has 1 saturated heterocycles. The van der Waals surface area contributed by atoms with Crippen molar-refractivity contribution in [2.45, 2.75) is 70.0 Å². The van der Waals surface area contributed by atoms with Crippen LogP contribution in [0.25, 0.3) is 0 Å². The highest BCUT2D eigenvalue weighted by atomic mass is 28.4. The third-order valence-electron chi connectivity index (χ3n) is 7.31. The second kappa shape index (κ2) is 14.5. The van der Waals surface area contributed by atoms with Crippen LogP contribution in [-0.2, 0) is 32.9 Å². The van der Waals surface area contributed by atoms with Gasteiger partial charge in [-0.2, -0.15) is 0 Å². The Labute approximate surface area is 228 Å². The van der Waals surface area contributed by atoms with Crippen LogP contribution in [0.5, 0.6) is 0 Å². The highest BCUT2D eigenvalue weighted by molar-refractivity contribution is 6.99. The molecule has 0 aromatic heterocycles. The zero-order valence-electron chi connectivity index (χ0n) is 23.6. The third kappa shape index (κ3) is 7.18. The molecule has 0 N–H and O–H groups in total. The summed E-state index contributed by atoms with van der Waals surface area (Å²) in [5.41, 5.74) is 0. The molecule has 8 heteroatoms. The number of methoxy groups -OCH3 is 2. The van der Waals surface area contributed by atoms with Crippen molar-refractivity contribution in [1.82, 2.24) is 0 Å². The Morgan fingerprint density at radius 3 is 2.00 bits per heavy atom. The van der Waals surface area contributed by atoms with Crippen molar-refractivity contribution in [1.29, 1.82) is 0 Å². The van der Waals surface area contributed by atoms with Gasteiger partial charge in [-0.1, -0.05) is 88.4 Å². The van der Waals surface area contributed by atoms with E-state index < -0.39 is 20.5 Å². The van der Waals surface area contributed by atoms with Gasteiger partial charge in [-0.05, 0) is 34.2 Å². The van der Waals surface area contributed by atoms with Gasteiger partial charge in [0.05, 0.1) is 12.2 Å². The molecule has 0 spiro atoms. The molecule has 3 rings (SSSR count). The Kier molecular flexibility index (Phi) is 11.7. The predicted octanol–water partition coefficient (Wildman–Crippen LogP) is 3.92. The van der Waals surface area contributed by atoms with Gasteiger partial charge in [0, 0.05) is 20.8 Å². The van der Waals surface area contributed by atoms with Gasteiger partial charge in [-0.25, -0.2) is 0 Å². The van der Waals surface area contributed by atoms with Gasteiger partial charge >= 0.3 is 0 Å². The fourth-order valence-electron chi connectivity index (χ4n) is 5.50. The largest absolute Gasteiger partial charge is 0.407 e. The molecule has 2 aromatic rings. The zero-order chi connectivity index (χ0) is 27.6. The average Bonchev–Trinajstić information content (AvgIpc) is 3.28. The topological polar surface area (TPSA) is 72.5 Å². The van der Waals surface area contributed by atoms with Crippen molar-refractivity contribution in [2.24, 2.45) is 5.92 Å². The minimum atomic E-state index is -2.62. The lowest BCUT2D eigenvalue weighted by Crippen LogP contribution is -2.66. The summed E-state index contributed by atoms with van der Waals surface area (Å²) in [6, 6.07) is 21.3. The quantitative estimate of drug-likeness (QED) is 0.191. The number of hydrogen-bond donors (Lipinski definition) is 0. The summed E-state index contributed by atoms with van der Waals surface area (Å²) < 4.78 is 35.1. The molecule has 1 aliphatic rings. The molecule has 0 radical (unpaired) electrons. The maximum atomic E-state index is 11.8. The lowest BCUT2D eigenvalue weighted by molar-refractivity contribution is -0.188. The lowest BCUT2D eigenvalue weighted by Gasteiger charge is -2.43. The Bertz CT molecular complexity index is 911. The van der Waals surface area contributed by atoms with Crippen LogP contribution >= 0.6 is 0 Å². The molecule has 1 aliphatic heterocycles. The standard InChI is InChI=1S/C30H44O7Si/c1-23-19-27(29(35-22-33-6)28(20-31)34-21-32-5)37-26(23)17-18-36-38(30(2,3)4,24-13-9-7-10-14-24)25-15-11-8-12-16-25/h7-16,20,23,26-29H,17-19,21-22H2,1-6H3/t23-,26+,27-,28-,29+/m1/s1. The monoisotopic (exact) mass is 544 g/mol. The van der Waals surface area contributed by atoms with Crippen molar-refractivity contribution in [3.8, 4) is 0 Å². The smallest absolute Gasteiger partial charge is 0.261 e. The second-order valence-electron chi connectivity index (χ2n) is 10.9. The van der Waals surface area contributed by atoms with Crippen LogP contribution < -0.4 is 10.4 Å². The maximum absolute atomic E-state index is 11.8. The molecule has 210 valence electrons. The first-order valence-electron chi connectivity index (χ1n) is 13.3. The van der Waals surface area contributed by atoms with Gasteiger partial charge in [-0.3, -0.25) is 0 Å². The summed E-state index contributed by atoms with van der Waals surface area (Å²) >= 11 is 0. The number of carbonyl (C=O) groups excluding carboxylic acids is 1. The zero-order valence-corrected chi connectivity index (χ0v) is 24.6. The molecule has 0 saturated carbocycles. The summed E-state index contributed by atoms with van der Waals surface area (Å²) in [5.74, 6) is 0.270. The van der Waals surface area contributed by atoms with Crippen LogP contribution in [-0.4, -0.2) is 73.4 Å². The van der Waals surface area contributed by atoms with Crippen molar-refractivity contribution in [2.75, 3.05) is 34.4 Å². The van der Waals surface area contributed by atoms with Gasteiger partial charge < -0.3 is 32.9 Å². The summed E-state index contributed by atoms with van der Waals surface area (Å²) in [6.07, 6.45) is 0.504. The van der Waals surface area contributed by atoms with Crippen LogP contribution in [0.4, 0.5) is 0 Å². The third-order valence-corrected chi connectivity index (χ3v) is 12.3. The summed E-state index contributed by atoms with van der Waals surface area (Å²) in [5, 5.41) is 2.43. The highest BCUT2D eigenvalue weighted by Crippen LogP contribution is 2.38. The van der Waals surface area contributed by atoms with E-state index in [4.69, 9.17) is 28.1 Å². The first-order chi connectivity index (χ1) is 18.3. The van der Waals surface area contributed by atoms with Crippen LogP contribution in [0.1, 0.15) is 40.5 Å². The van der Waals surface area contributed by atoms with Crippen molar-refractivity contribution in [3.05, 3.63) is 60.7 Å². The molecular weight excluding hydrogens is 500 g/mol. The van der Waals surface area contributed by atoms with E-state index >= 15 is 0 Å². The molecule has 38 heavy (non-hydrogen) atoms. The number of hydrogen-bond acceptors (Lipinski definition) is 7. The van der Waals surface area contributed by atoms with Crippen LogP contribution in [0, 0.1) is 5.92 Å². The van der Waals surface area contributed by atoms with E-state index in [0.717, 1.165) is 19.1 Å².